The highest BCUT2D eigenvalue weighted by atomic mass is 16.7. The Hall–Kier alpha value is -1.00. The first-order valence-corrected chi connectivity index (χ1v) is 20.0. The normalized spacial score (nSPS) is 52.2. The Morgan fingerprint density at radius 2 is 1.53 bits per heavy atom. The number of hydrogen-bond donors (Lipinski definition) is 8. The fourth-order valence-corrected chi connectivity index (χ4v) is 12.8. The molecule has 19 atom stereocenters. The molecule has 6 fully saturated rings. The van der Waals surface area contributed by atoms with Gasteiger partial charge in [0.1, 0.15) is 42.7 Å². The second-order valence-electron chi connectivity index (χ2n) is 19.1. The first-order valence-electron chi connectivity index (χ1n) is 20.0. The lowest BCUT2D eigenvalue weighted by Crippen LogP contribution is -2.70. The number of aliphatic hydroxyl groups is 8. The maximum absolute atomic E-state index is 12.2. The molecule has 0 aromatic heterocycles. The Morgan fingerprint density at radius 1 is 0.830 bits per heavy atom. The zero-order chi connectivity index (χ0) is 39.0. The van der Waals surface area contributed by atoms with Crippen LogP contribution in [-0.4, -0.2) is 128 Å². The fourth-order valence-electron chi connectivity index (χ4n) is 12.8. The highest BCUT2D eigenvalue weighted by Gasteiger charge is 2.73. The summed E-state index contributed by atoms with van der Waals surface area (Å²) in [7, 11) is 0. The average molecular weight is 753 g/mol. The van der Waals surface area contributed by atoms with Gasteiger partial charge in [0, 0.05) is 0 Å². The van der Waals surface area contributed by atoms with Crippen molar-refractivity contribution in [2.75, 3.05) is 13.2 Å². The van der Waals surface area contributed by atoms with Gasteiger partial charge in [-0.3, -0.25) is 0 Å². The number of hydrogen-bond acceptors (Lipinski definition) is 12. The van der Waals surface area contributed by atoms with Crippen molar-refractivity contribution < 1.29 is 59.8 Å². The monoisotopic (exact) mass is 752 g/mol. The predicted octanol–water partition coefficient (Wildman–Crippen LogP) is 2.56. The molecule has 8 N–H and O–H groups in total. The molecular weight excluding hydrogens is 684 g/mol. The van der Waals surface area contributed by atoms with Crippen molar-refractivity contribution in [3.63, 3.8) is 0 Å². The lowest BCUT2D eigenvalue weighted by Gasteiger charge is -2.72. The minimum atomic E-state index is -1.66. The molecule has 12 heteroatoms. The van der Waals surface area contributed by atoms with Crippen molar-refractivity contribution in [2.45, 2.75) is 173 Å². The molecule has 0 aromatic carbocycles. The van der Waals surface area contributed by atoms with Crippen LogP contribution < -0.4 is 0 Å². The summed E-state index contributed by atoms with van der Waals surface area (Å²) in [5.41, 5.74) is 0.915. The van der Waals surface area contributed by atoms with E-state index in [0.717, 1.165) is 32.1 Å². The Labute approximate surface area is 315 Å². The fraction of sp³-hybridized carbons (Fsp3) is 0.902. The van der Waals surface area contributed by atoms with Crippen LogP contribution in [0.4, 0.5) is 0 Å². The third-order valence-electron chi connectivity index (χ3n) is 15.6. The average Bonchev–Trinajstić information content (AvgIpc) is 3.47. The molecular formula is C41H68O12. The van der Waals surface area contributed by atoms with Crippen LogP contribution in [0.3, 0.4) is 0 Å². The van der Waals surface area contributed by atoms with E-state index in [-0.39, 0.29) is 46.5 Å². The highest BCUT2D eigenvalue weighted by Crippen LogP contribution is 2.76. The molecule has 0 spiro atoms. The molecule has 53 heavy (non-hydrogen) atoms. The van der Waals surface area contributed by atoms with Gasteiger partial charge in [0.2, 0.25) is 0 Å². The Morgan fingerprint density at radius 3 is 2.19 bits per heavy atom. The SMILES string of the molecule is C=C(CCC=C(C)C)C1CCC2(C)C1C(O)CC1C3(C)CCC(O)C(C)(C)C3C(OC3OC(CO)C(O)C(OC4OCC(O)C(O)C4O)C3O)CC12C. The summed E-state index contributed by atoms with van der Waals surface area (Å²) in [5.74, 6) is 0.116. The van der Waals surface area contributed by atoms with Gasteiger partial charge in [0.05, 0.1) is 31.5 Å². The van der Waals surface area contributed by atoms with Gasteiger partial charge in [-0.05, 0) is 111 Å². The molecule has 2 heterocycles. The number of aliphatic hydroxyl groups excluding tert-OH is 8. The van der Waals surface area contributed by atoms with E-state index in [9.17, 15) is 40.9 Å². The lowest BCUT2D eigenvalue weighted by atomic mass is 9.34. The van der Waals surface area contributed by atoms with Gasteiger partial charge in [-0.1, -0.05) is 58.4 Å². The van der Waals surface area contributed by atoms with E-state index in [1.165, 1.54) is 11.1 Å². The highest BCUT2D eigenvalue weighted by molar-refractivity contribution is 5.24. The van der Waals surface area contributed by atoms with E-state index in [1.807, 2.05) is 0 Å². The van der Waals surface area contributed by atoms with E-state index >= 15 is 0 Å². The topological polar surface area (TPSA) is 199 Å². The summed E-state index contributed by atoms with van der Waals surface area (Å²) in [5, 5.41) is 87.7. The molecule has 4 aliphatic carbocycles. The first kappa shape index (κ1) is 41.6. The van der Waals surface area contributed by atoms with E-state index < -0.39 is 85.6 Å². The molecule has 0 aromatic rings. The van der Waals surface area contributed by atoms with Crippen LogP contribution in [0, 0.1) is 45.3 Å². The minimum absolute atomic E-state index is 0.0185. The maximum atomic E-state index is 12.2. The standard InChI is InChI=1S/C41H68O12/c1-20(2)10-9-11-21(3)22-12-15-40(7)29(22)23(43)16-27-39(6)14-13-28(45)38(4,5)35(39)25(17-41(27,40)8)51-37-33(49)34(31(47)26(18-42)52-37)53-36-32(48)30(46)24(44)19-50-36/h10,22-37,42-49H,3,9,11-19H2,1-2,4-8H3. The summed E-state index contributed by atoms with van der Waals surface area (Å²) < 4.78 is 24.4. The minimum Gasteiger partial charge on any atom is -0.394 e. The second-order valence-corrected chi connectivity index (χ2v) is 19.1. The number of allylic oxidation sites excluding steroid dienone is 3. The molecule has 0 bridgehead atoms. The van der Waals surface area contributed by atoms with Gasteiger partial charge >= 0.3 is 0 Å². The number of ether oxygens (including phenoxy) is 4. The third-order valence-corrected chi connectivity index (χ3v) is 15.6. The molecule has 0 radical (unpaired) electrons. The van der Waals surface area contributed by atoms with E-state index in [4.69, 9.17) is 18.9 Å². The first-order chi connectivity index (χ1) is 24.7. The molecule has 0 amide bonds. The van der Waals surface area contributed by atoms with E-state index in [0.29, 0.717) is 19.3 Å². The molecule has 2 saturated heterocycles. The van der Waals surface area contributed by atoms with Crippen LogP contribution in [0.5, 0.6) is 0 Å². The van der Waals surface area contributed by atoms with E-state index in [2.05, 4.69) is 61.1 Å². The molecule has 6 rings (SSSR count). The van der Waals surface area contributed by atoms with Crippen LogP contribution in [0.2, 0.25) is 0 Å². The summed E-state index contributed by atoms with van der Waals surface area (Å²) in [6.45, 7) is 18.9. The van der Waals surface area contributed by atoms with Crippen LogP contribution in [0.25, 0.3) is 0 Å². The van der Waals surface area contributed by atoms with E-state index in [1.54, 1.807) is 0 Å². The zero-order valence-corrected chi connectivity index (χ0v) is 32.8. The van der Waals surface area contributed by atoms with Crippen molar-refractivity contribution in [2.24, 2.45) is 45.3 Å². The summed E-state index contributed by atoms with van der Waals surface area (Å²) >= 11 is 0. The largest absolute Gasteiger partial charge is 0.394 e. The van der Waals surface area contributed by atoms with Crippen LogP contribution in [-0.2, 0) is 18.9 Å². The van der Waals surface area contributed by atoms with Crippen LogP contribution >= 0.6 is 0 Å². The van der Waals surface area contributed by atoms with Gasteiger partial charge in [-0.15, -0.1) is 0 Å². The summed E-state index contributed by atoms with van der Waals surface area (Å²) in [6, 6.07) is 0. The molecule has 4 saturated carbocycles. The smallest absolute Gasteiger partial charge is 0.186 e. The Kier molecular flexibility index (Phi) is 11.8. The van der Waals surface area contributed by atoms with Gasteiger partial charge in [0.25, 0.3) is 0 Å². The molecule has 2 aliphatic heterocycles. The lowest BCUT2D eigenvalue weighted by molar-refractivity contribution is -0.368. The summed E-state index contributed by atoms with van der Waals surface area (Å²) in [6.07, 6.45) is -6.39. The third kappa shape index (κ3) is 6.82. The maximum Gasteiger partial charge on any atom is 0.186 e. The van der Waals surface area contributed by atoms with Crippen molar-refractivity contribution in [1.82, 2.24) is 0 Å². The predicted molar refractivity (Wildman–Crippen MR) is 195 cm³/mol. The van der Waals surface area contributed by atoms with Gasteiger partial charge in [0.15, 0.2) is 12.6 Å². The zero-order valence-electron chi connectivity index (χ0n) is 32.8. The van der Waals surface area contributed by atoms with Crippen LogP contribution in [0.1, 0.15) is 99.8 Å². The van der Waals surface area contributed by atoms with Gasteiger partial charge < -0.3 is 59.8 Å². The molecule has 6 aliphatic rings. The van der Waals surface area contributed by atoms with Crippen molar-refractivity contribution in [3.8, 4) is 0 Å². The molecule has 304 valence electrons. The number of fused-ring (bicyclic) bond motifs is 5. The summed E-state index contributed by atoms with van der Waals surface area (Å²) in [4.78, 5) is 0. The van der Waals surface area contributed by atoms with Crippen LogP contribution in [0.15, 0.2) is 23.8 Å². The van der Waals surface area contributed by atoms with Crippen molar-refractivity contribution in [3.05, 3.63) is 23.8 Å². The van der Waals surface area contributed by atoms with Gasteiger partial charge in [-0.2, -0.15) is 0 Å². The van der Waals surface area contributed by atoms with Gasteiger partial charge in [-0.25, -0.2) is 0 Å². The van der Waals surface area contributed by atoms with Crippen molar-refractivity contribution in [1.29, 1.82) is 0 Å². The van der Waals surface area contributed by atoms with Crippen molar-refractivity contribution >= 4 is 0 Å². The molecule has 19 unspecified atom stereocenters. The Bertz CT molecular complexity index is 1350. The molecule has 12 nitrogen and oxygen atoms in total. The quantitative estimate of drug-likeness (QED) is 0.127. The Balaban J connectivity index is 1.33. The number of rotatable bonds is 9. The second kappa shape index (κ2) is 15.1.